The van der Waals surface area contributed by atoms with E-state index in [-0.39, 0.29) is 11.9 Å². The van der Waals surface area contributed by atoms with Crippen LogP contribution in [0, 0.1) is 5.82 Å². The van der Waals surface area contributed by atoms with E-state index in [0.29, 0.717) is 60.9 Å². The van der Waals surface area contributed by atoms with Crippen LogP contribution in [-0.4, -0.2) is 76.2 Å². The predicted octanol–water partition coefficient (Wildman–Crippen LogP) is 3.29. The molecule has 3 N–H and O–H groups in total. The van der Waals surface area contributed by atoms with Gasteiger partial charge in [-0.15, -0.1) is 0 Å². The number of halogens is 1. The monoisotopic (exact) mass is 600 g/mol. The molecule has 0 unspecified atom stereocenters. The van der Waals surface area contributed by atoms with Crippen LogP contribution in [0.3, 0.4) is 0 Å². The first-order chi connectivity index (χ1) is 21.3. The number of imidazole rings is 1. The number of aromatic nitrogens is 9. The van der Waals surface area contributed by atoms with Crippen molar-refractivity contribution < 1.29 is 13.9 Å². The Morgan fingerprint density at radius 2 is 2.00 bits per heavy atom. The Morgan fingerprint density at radius 3 is 2.68 bits per heavy atom. The standard InChI is InChI=1S/C29H33FN12O2/c1-17(19-6-7-23(31-13-19)42-15-20(30)14-33-42)34-27(43)29(44-3)8-10-41(11-9-29)28-36-25-24(40(2)16-32-25)26(37-28)35-22-12-21(38-39-22)18-4-5-18/h6-7,12-18H,4-5,8-11H2,1-3H3,(H,34,43)(H2,35,36,37,38,39)/t17-/m0/s1. The Balaban J connectivity index is 1.04. The minimum atomic E-state index is -1.00. The van der Waals surface area contributed by atoms with E-state index in [1.807, 2.05) is 35.6 Å². The Kier molecular flexibility index (Phi) is 6.95. The van der Waals surface area contributed by atoms with E-state index in [1.165, 1.54) is 23.7 Å². The van der Waals surface area contributed by atoms with Crippen molar-refractivity contribution in [2.45, 2.75) is 50.2 Å². The van der Waals surface area contributed by atoms with Crippen LogP contribution < -0.4 is 15.5 Å². The molecular formula is C29H33FN12O2. The normalized spacial score (nSPS) is 17.1. The number of amides is 1. The number of rotatable bonds is 9. The van der Waals surface area contributed by atoms with Crippen LogP contribution in [0.1, 0.15) is 55.8 Å². The van der Waals surface area contributed by atoms with Gasteiger partial charge in [-0.2, -0.15) is 20.2 Å². The van der Waals surface area contributed by atoms with Crippen LogP contribution in [0.25, 0.3) is 17.0 Å². The minimum Gasteiger partial charge on any atom is -0.368 e. The number of pyridine rings is 1. The number of hydrogen-bond acceptors (Lipinski definition) is 10. The SMILES string of the molecule is COC1(C(=O)N[C@@H](C)c2ccc(-n3cc(F)cn3)nc2)CCN(c2nc(Nc3cc(C4CC4)[nH]n3)c3c(ncn3C)n2)CC1. The molecule has 15 heteroatoms. The van der Waals surface area contributed by atoms with Gasteiger partial charge in [0.1, 0.15) is 11.1 Å². The van der Waals surface area contributed by atoms with Crippen molar-refractivity contribution >= 4 is 34.7 Å². The number of aryl methyl sites for hydroxylation is 1. The lowest BCUT2D eigenvalue weighted by Crippen LogP contribution is -2.55. The van der Waals surface area contributed by atoms with Crippen LogP contribution in [0.2, 0.25) is 0 Å². The summed E-state index contributed by atoms with van der Waals surface area (Å²) in [4.78, 5) is 34.1. The summed E-state index contributed by atoms with van der Waals surface area (Å²) in [5.41, 5.74) is 2.28. The van der Waals surface area contributed by atoms with Crippen LogP contribution in [-0.2, 0) is 16.6 Å². The molecule has 2 fully saturated rings. The van der Waals surface area contributed by atoms with Gasteiger partial charge in [0.15, 0.2) is 28.9 Å². The number of carbonyl (C=O) groups is 1. The Labute approximate surface area is 252 Å². The number of fused-ring (bicyclic) bond motifs is 1. The van der Waals surface area contributed by atoms with Crippen molar-refractivity contribution in [3.63, 3.8) is 0 Å². The molecule has 44 heavy (non-hydrogen) atoms. The molecule has 2 aliphatic rings. The third-order valence-electron chi connectivity index (χ3n) is 8.48. The van der Waals surface area contributed by atoms with Crippen LogP contribution in [0.5, 0.6) is 0 Å². The lowest BCUT2D eigenvalue weighted by Gasteiger charge is -2.40. The van der Waals surface area contributed by atoms with Gasteiger partial charge in [0.25, 0.3) is 5.91 Å². The maximum Gasteiger partial charge on any atom is 0.252 e. The molecule has 14 nitrogen and oxygen atoms in total. The number of H-pyrrole nitrogens is 1. The third kappa shape index (κ3) is 5.23. The summed E-state index contributed by atoms with van der Waals surface area (Å²) in [5, 5.41) is 17.9. The minimum absolute atomic E-state index is 0.196. The first-order valence-corrected chi connectivity index (χ1v) is 14.6. The van der Waals surface area contributed by atoms with Crippen molar-refractivity contribution in [1.82, 2.24) is 49.8 Å². The average Bonchev–Trinajstić information content (AvgIpc) is 3.42. The van der Waals surface area contributed by atoms with E-state index in [4.69, 9.17) is 14.7 Å². The van der Waals surface area contributed by atoms with Gasteiger partial charge in [0, 0.05) is 64.0 Å². The maximum atomic E-state index is 13.6. The maximum absolute atomic E-state index is 13.6. The van der Waals surface area contributed by atoms with Crippen molar-refractivity contribution in [3.8, 4) is 5.82 Å². The fraction of sp³-hybridized carbons (Fsp3) is 0.414. The van der Waals surface area contributed by atoms with Crippen molar-refractivity contribution in [2.75, 3.05) is 30.4 Å². The van der Waals surface area contributed by atoms with E-state index in [2.05, 4.69) is 35.9 Å². The second-order valence-corrected chi connectivity index (χ2v) is 11.4. The Bertz CT molecular complexity index is 1800. The summed E-state index contributed by atoms with van der Waals surface area (Å²) < 4.78 is 22.4. The molecule has 5 aromatic rings. The molecule has 0 aromatic carbocycles. The molecule has 0 bridgehead atoms. The van der Waals surface area contributed by atoms with E-state index < -0.39 is 11.4 Å². The molecule has 1 saturated carbocycles. The van der Waals surface area contributed by atoms with Crippen molar-refractivity contribution in [2.24, 2.45) is 7.05 Å². The molecule has 5 aromatic heterocycles. The summed E-state index contributed by atoms with van der Waals surface area (Å²) >= 11 is 0. The summed E-state index contributed by atoms with van der Waals surface area (Å²) in [5.74, 6) is 2.24. The van der Waals surface area contributed by atoms with Gasteiger partial charge in [-0.25, -0.2) is 19.0 Å². The lowest BCUT2D eigenvalue weighted by molar-refractivity contribution is -0.146. The number of methoxy groups -OCH3 is 1. The second-order valence-electron chi connectivity index (χ2n) is 11.4. The first kappa shape index (κ1) is 27.9. The van der Waals surface area contributed by atoms with Gasteiger partial charge in [0.2, 0.25) is 5.95 Å². The summed E-state index contributed by atoms with van der Waals surface area (Å²) in [6.07, 6.45) is 8.99. The van der Waals surface area contributed by atoms with E-state index in [0.717, 1.165) is 23.0 Å². The molecule has 228 valence electrons. The van der Waals surface area contributed by atoms with Crippen LogP contribution in [0.4, 0.5) is 22.0 Å². The zero-order valence-corrected chi connectivity index (χ0v) is 24.7. The quantitative estimate of drug-likeness (QED) is 0.229. The van der Waals surface area contributed by atoms with Gasteiger partial charge in [0.05, 0.1) is 24.8 Å². The Hall–Kier alpha value is -4.92. The molecule has 1 aliphatic carbocycles. The molecule has 7 rings (SSSR count). The topological polar surface area (TPSA) is 157 Å². The smallest absolute Gasteiger partial charge is 0.252 e. The van der Waals surface area contributed by atoms with E-state index in [1.54, 1.807) is 25.7 Å². The summed E-state index contributed by atoms with van der Waals surface area (Å²) in [6, 6.07) is 5.27. The van der Waals surface area contributed by atoms with Gasteiger partial charge < -0.3 is 24.8 Å². The molecule has 0 spiro atoms. The highest BCUT2D eigenvalue weighted by Crippen LogP contribution is 2.40. The summed E-state index contributed by atoms with van der Waals surface area (Å²) in [7, 11) is 3.47. The van der Waals surface area contributed by atoms with Gasteiger partial charge >= 0.3 is 0 Å². The first-order valence-electron chi connectivity index (χ1n) is 14.6. The number of nitrogens with one attached hydrogen (secondary N) is 3. The second kappa shape index (κ2) is 11.0. The van der Waals surface area contributed by atoms with Crippen LogP contribution in [0.15, 0.2) is 43.1 Å². The fourth-order valence-electron chi connectivity index (χ4n) is 5.62. The average molecular weight is 601 g/mol. The molecule has 1 saturated heterocycles. The van der Waals surface area contributed by atoms with E-state index >= 15 is 0 Å². The zero-order valence-electron chi connectivity index (χ0n) is 24.7. The van der Waals surface area contributed by atoms with Gasteiger partial charge in [-0.1, -0.05) is 6.07 Å². The van der Waals surface area contributed by atoms with Crippen LogP contribution >= 0.6 is 0 Å². The fourth-order valence-corrected chi connectivity index (χ4v) is 5.62. The number of ether oxygens (including phenoxy) is 1. The number of anilines is 3. The molecular weight excluding hydrogens is 567 g/mol. The Morgan fingerprint density at radius 1 is 1.18 bits per heavy atom. The van der Waals surface area contributed by atoms with Crippen molar-refractivity contribution in [3.05, 3.63) is 60.2 Å². The van der Waals surface area contributed by atoms with Gasteiger partial charge in [-0.3, -0.25) is 9.89 Å². The largest absolute Gasteiger partial charge is 0.368 e. The van der Waals surface area contributed by atoms with Gasteiger partial charge in [-0.05, 0) is 31.4 Å². The number of carbonyl (C=O) groups excluding carboxylic acids is 1. The highest BCUT2D eigenvalue weighted by molar-refractivity contribution is 5.87. The molecule has 1 amide bonds. The van der Waals surface area contributed by atoms with E-state index in [9.17, 15) is 9.18 Å². The third-order valence-corrected chi connectivity index (χ3v) is 8.48. The number of piperidine rings is 1. The lowest BCUT2D eigenvalue weighted by atomic mass is 9.89. The number of nitrogens with zero attached hydrogens (tertiary/aromatic N) is 9. The van der Waals surface area contributed by atoms with Crippen molar-refractivity contribution in [1.29, 1.82) is 0 Å². The number of aromatic amines is 1. The molecule has 1 aliphatic heterocycles. The number of hydrogen-bond donors (Lipinski definition) is 3. The highest BCUT2D eigenvalue weighted by Gasteiger charge is 2.43. The zero-order chi connectivity index (χ0) is 30.4. The summed E-state index contributed by atoms with van der Waals surface area (Å²) in [6.45, 7) is 2.91. The predicted molar refractivity (Wildman–Crippen MR) is 159 cm³/mol. The molecule has 6 heterocycles. The highest BCUT2D eigenvalue weighted by atomic mass is 19.1. The molecule has 1 atom stereocenters. The molecule has 0 radical (unpaired) electrons.